The lowest BCUT2D eigenvalue weighted by Crippen LogP contribution is -2.48. The van der Waals surface area contributed by atoms with Gasteiger partial charge in [-0.05, 0) is 59.2 Å². The Morgan fingerprint density at radius 2 is 1.38 bits per heavy atom. The Bertz CT molecular complexity index is 1540. The van der Waals surface area contributed by atoms with Crippen molar-refractivity contribution in [3.05, 3.63) is 137 Å². The highest BCUT2D eigenvalue weighted by Gasteiger charge is 2.45. The van der Waals surface area contributed by atoms with Gasteiger partial charge in [0.1, 0.15) is 17.4 Å². The summed E-state index contributed by atoms with van der Waals surface area (Å²) in [5, 5.41) is 2.58. The second-order valence-electron chi connectivity index (χ2n) is 9.25. The summed E-state index contributed by atoms with van der Waals surface area (Å²) < 4.78 is 126. The second kappa shape index (κ2) is 11.8. The van der Waals surface area contributed by atoms with Gasteiger partial charge in [-0.1, -0.05) is 48.5 Å². The quantitative estimate of drug-likeness (QED) is 0.198. The van der Waals surface area contributed by atoms with Crippen LogP contribution in [0.1, 0.15) is 32.6 Å². The van der Waals surface area contributed by atoms with E-state index in [9.17, 15) is 44.3 Å². The number of nitrogens with one attached hydrogen (secondary N) is 1. The predicted molar refractivity (Wildman–Crippen MR) is 134 cm³/mol. The molecule has 0 saturated heterocycles. The predicted octanol–water partition coefficient (Wildman–Crippen LogP) is 8.14. The Morgan fingerprint density at radius 1 is 0.714 bits per heavy atom. The van der Waals surface area contributed by atoms with Crippen LogP contribution in [-0.2, 0) is 18.1 Å². The molecule has 4 aromatic rings. The smallest absolute Gasteiger partial charge is 0.428 e. The third kappa shape index (κ3) is 6.87. The topological polar surface area (TPSA) is 38.3 Å². The first-order chi connectivity index (χ1) is 19.7. The molecule has 1 N–H and O–H groups in total. The molecular weight excluding hydrogens is 577 g/mol. The monoisotopic (exact) mass is 597 g/mol. The van der Waals surface area contributed by atoms with Crippen molar-refractivity contribution in [3.8, 4) is 5.75 Å². The number of carbonyl (C=O) groups is 1. The standard InChI is InChI=1S/C30H20F9NO2/c31-23-11-9-20(10-12-23)28(17-18-5-2-1-3-6-18,40-26(41)19-7-4-8-21(13-19)29(35,36)37)22-14-24(32)16-25(15-22)42-30(38,39)27(33)34/h1-16,27H,17H2,(H,40,41)/t28-/m1/s1. The van der Waals surface area contributed by atoms with Crippen molar-refractivity contribution in [1.82, 2.24) is 5.32 Å². The number of benzene rings is 4. The Kier molecular flexibility index (Phi) is 8.55. The van der Waals surface area contributed by atoms with Gasteiger partial charge in [0.05, 0.1) is 11.1 Å². The molecule has 0 aliphatic rings. The van der Waals surface area contributed by atoms with E-state index in [2.05, 4.69) is 10.1 Å². The van der Waals surface area contributed by atoms with Crippen molar-refractivity contribution in [2.75, 3.05) is 0 Å². The molecule has 0 saturated carbocycles. The van der Waals surface area contributed by atoms with E-state index in [0.717, 1.165) is 42.5 Å². The van der Waals surface area contributed by atoms with Crippen molar-refractivity contribution in [1.29, 1.82) is 0 Å². The zero-order valence-electron chi connectivity index (χ0n) is 21.2. The zero-order valence-corrected chi connectivity index (χ0v) is 21.2. The third-order valence-electron chi connectivity index (χ3n) is 6.30. The number of halogens is 9. The molecule has 3 nitrogen and oxygen atoms in total. The maximum atomic E-state index is 14.9. The van der Waals surface area contributed by atoms with Gasteiger partial charge >= 0.3 is 18.7 Å². The fourth-order valence-corrected chi connectivity index (χ4v) is 4.37. The molecule has 4 aromatic carbocycles. The fourth-order valence-electron chi connectivity index (χ4n) is 4.37. The number of alkyl halides is 7. The minimum Gasteiger partial charge on any atom is -0.428 e. The van der Waals surface area contributed by atoms with E-state index in [4.69, 9.17) is 0 Å². The minimum absolute atomic E-state index is 0.0604. The Labute approximate surface area is 233 Å². The lowest BCUT2D eigenvalue weighted by atomic mass is 9.77. The van der Waals surface area contributed by atoms with Gasteiger partial charge in [0, 0.05) is 18.1 Å². The number of hydrogen-bond donors (Lipinski definition) is 1. The molecule has 0 bridgehead atoms. The molecule has 4 rings (SSSR count). The third-order valence-corrected chi connectivity index (χ3v) is 6.30. The van der Waals surface area contributed by atoms with E-state index in [0.29, 0.717) is 17.7 Å². The van der Waals surface area contributed by atoms with E-state index >= 15 is 0 Å². The van der Waals surface area contributed by atoms with Crippen LogP contribution in [0, 0.1) is 11.6 Å². The van der Waals surface area contributed by atoms with Gasteiger partial charge in [-0.2, -0.15) is 30.7 Å². The maximum Gasteiger partial charge on any atom is 0.461 e. The molecule has 42 heavy (non-hydrogen) atoms. The largest absolute Gasteiger partial charge is 0.461 e. The molecule has 0 radical (unpaired) electrons. The van der Waals surface area contributed by atoms with E-state index in [1.807, 2.05) is 0 Å². The second-order valence-corrected chi connectivity index (χ2v) is 9.25. The summed E-state index contributed by atoms with van der Waals surface area (Å²) in [6, 6.07) is 17.9. The number of hydrogen-bond acceptors (Lipinski definition) is 2. The van der Waals surface area contributed by atoms with E-state index in [1.165, 1.54) is 12.1 Å². The summed E-state index contributed by atoms with van der Waals surface area (Å²) in [6.07, 6.45) is -14.3. The molecule has 0 aliphatic carbocycles. The average Bonchev–Trinajstić information content (AvgIpc) is 2.92. The summed E-state index contributed by atoms with van der Waals surface area (Å²) in [6.45, 7) is 0. The Balaban J connectivity index is 1.94. The zero-order chi connectivity index (χ0) is 30.7. The lowest BCUT2D eigenvalue weighted by molar-refractivity contribution is -0.253. The van der Waals surface area contributed by atoms with Gasteiger partial charge in [-0.15, -0.1) is 0 Å². The molecule has 0 unspecified atom stereocenters. The first-order valence-corrected chi connectivity index (χ1v) is 12.2. The normalized spacial score (nSPS) is 13.5. The maximum absolute atomic E-state index is 14.9. The molecular formula is C30H20F9NO2. The number of ether oxygens (including phenoxy) is 1. The molecule has 0 fully saturated rings. The molecule has 0 spiro atoms. The fraction of sp³-hybridized carbons (Fsp3) is 0.167. The van der Waals surface area contributed by atoms with Gasteiger partial charge in [-0.3, -0.25) is 4.79 Å². The van der Waals surface area contributed by atoms with Gasteiger partial charge in [-0.25, -0.2) is 8.78 Å². The van der Waals surface area contributed by atoms with Gasteiger partial charge in [0.25, 0.3) is 5.91 Å². The van der Waals surface area contributed by atoms with Gasteiger partial charge in [0.15, 0.2) is 0 Å². The van der Waals surface area contributed by atoms with Crippen molar-refractivity contribution in [2.24, 2.45) is 0 Å². The highest BCUT2D eigenvalue weighted by molar-refractivity contribution is 5.95. The number of amides is 1. The van der Waals surface area contributed by atoms with Crippen LogP contribution < -0.4 is 10.1 Å². The van der Waals surface area contributed by atoms with Gasteiger partial charge in [0.2, 0.25) is 0 Å². The van der Waals surface area contributed by atoms with Crippen LogP contribution >= 0.6 is 0 Å². The van der Waals surface area contributed by atoms with E-state index in [-0.39, 0.29) is 17.5 Å². The van der Waals surface area contributed by atoms with Gasteiger partial charge < -0.3 is 10.1 Å². The van der Waals surface area contributed by atoms with Crippen LogP contribution in [0.2, 0.25) is 0 Å². The number of rotatable bonds is 9. The van der Waals surface area contributed by atoms with Crippen LogP contribution in [0.4, 0.5) is 39.5 Å². The van der Waals surface area contributed by atoms with Crippen LogP contribution in [0.5, 0.6) is 5.75 Å². The van der Waals surface area contributed by atoms with Crippen molar-refractivity contribution >= 4 is 5.91 Å². The first-order valence-electron chi connectivity index (χ1n) is 12.2. The SMILES string of the molecule is O=C(N[C@](Cc1ccccc1)(c1ccc(F)cc1)c1cc(F)cc(OC(F)(F)C(F)F)c1)c1cccc(C(F)(F)F)c1. The molecule has 0 aromatic heterocycles. The summed E-state index contributed by atoms with van der Waals surface area (Å²) >= 11 is 0. The highest BCUT2D eigenvalue weighted by atomic mass is 19.4. The van der Waals surface area contributed by atoms with Crippen LogP contribution in [0.25, 0.3) is 0 Å². The number of carbonyl (C=O) groups excluding carboxylic acids is 1. The van der Waals surface area contributed by atoms with Crippen LogP contribution in [-0.4, -0.2) is 18.4 Å². The molecule has 220 valence electrons. The molecule has 12 heteroatoms. The van der Waals surface area contributed by atoms with Crippen molar-refractivity contribution in [3.63, 3.8) is 0 Å². The lowest BCUT2D eigenvalue weighted by Gasteiger charge is -2.37. The van der Waals surface area contributed by atoms with E-state index in [1.54, 1.807) is 30.3 Å². The summed E-state index contributed by atoms with van der Waals surface area (Å²) in [5.74, 6) is -4.05. The van der Waals surface area contributed by atoms with Crippen molar-refractivity contribution < 1.29 is 49.0 Å². The Hall–Kier alpha value is -4.48. The minimum atomic E-state index is -5.01. The molecule has 0 aliphatic heterocycles. The summed E-state index contributed by atoms with van der Waals surface area (Å²) in [4.78, 5) is 13.5. The first kappa shape index (κ1) is 30.5. The van der Waals surface area contributed by atoms with Crippen LogP contribution in [0.3, 0.4) is 0 Å². The van der Waals surface area contributed by atoms with E-state index < -0.39 is 58.7 Å². The molecule has 1 atom stereocenters. The highest BCUT2D eigenvalue weighted by Crippen LogP contribution is 2.38. The summed E-state index contributed by atoms with van der Waals surface area (Å²) in [5.41, 5.74) is -3.34. The average molecular weight is 597 g/mol. The van der Waals surface area contributed by atoms with Crippen LogP contribution in [0.15, 0.2) is 97.1 Å². The molecule has 1 amide bonds. The Morgan fingerprint density at radius 3 is 2.00 bits per heavy atom. The summed E-state index contributed by atoms with van der Waals surface area (Å²) in [7, 11) is 0. The molecule has 0 heterocycles. The van der Waals surface area contributed by atoms with Crippen molar-refractivity contribution in [2.45, 2.75) is 30.7 Å².